The summed E-state index contributed by atoms with van der Waals surface area (Å²) in [6.45, 7) is 5.41. The van der Waals surface area contributed by atoms with Crippen molar-refractivity contribution in [2.45, 2.75) is 69.1 Å². The van der Waals surface area contributed by atoms with E-state index < -0.39 is 32.0 Å². The molecule has 0 spiro atoms. The molecule has 0 amide bonds. The highest BCUT2D eigenvalue weighted by atomic mass is 32.2. The lowest BCUT2D eigenvalue weighted by Crippen LogP contribution is -2.17. The summed E-state index contributed by atoms with van der Waals surface area (Å²) in [6.07, 6.45) is 4.48. The fraction of sp³-hybridized carbons (Fsp3) is 0.222. The SMILES string of the molecule is CN(C)c1cccc2c(S(=O)(=O)Nc3ccccc3CCCc3ccc(C(=O)O)cc3)cccc12.COc1cc(C)c(S(=O)(=O)Nc2ccccc2CCCc2ccc(C(=O)O)cc2)c(C)c1C. The van der Waals surface area contributed by atoms with Crippen LogP contribution in [0, 0.1) is 20.8 Å². The van der Waals surface area contributed by atoms with Crippen molar-refractivity contribution < 1.29 is 41.4 Å². The van der Waals surface area contributed by atoms with Crippen LogP contribution in [0.1, 0.15) is 72.5 Å². The summed E-state index contributed by atoms with van der Waals surface area (Å²) in [5, 5.41) is 19.6. The maximum atomic E-state index is 13.5. The maximum absolute atomic E-state index is 13.5. The van der Waals surface area contributed by atoms with Gasteiger partial charge in [0.25, 0.3) is 20.0 Å². The lowest BCUT2D eigenvalue weighted by molar-refractivity contribution is 0.0686. The molecule has 0 unspecified atom stereocenters. The average Bonchev–Trinajstić information content (AvgIpc) is 3.31. The standard InChI is InChI=1S/C28H28N2O4S.C26H29NO5S/c1-30(2)26-14-6-12-24-23(26)11-7-15-27(24)35(33,34)29-25-13-4-3-9-21(25)10-5-8-20-16-18-22(19-17-20)28(31)32;1-17-16-24(32-4)18(2)19(3)25(17)33(30,31)27-23-11-6-5-9-21(23)10-7-8-20-12-14-22(15-13-20)26(28)29/h3-4,6-7,9,11-19,29H,5,8,10H2,1-2H3,(H,31,32);5-6,9,11-16,27H,7-8,10H2,1-4H3,(H,28,29). The summed E-state index contributed by atoms with van der Waals surface area (Å²) >= 11 is 0. The number of para-hydroxylation sites is 2. The number of fused-ring (bicyclic) bond motifs is 1. The Balaban J connectivity index is 0.000000224. The first-order valence-corrected chi connectivity index (χ1v) is 25.1. The molecule has 0 fully saturated rings. The zero-order valence-electron chi connectivity index (χ0n) is 39.0. The first-order chi connectivity index (χ1) is 32.4. The Bertz CT molecular complexity index is 3150. The topological polar surface area (TPSA) is 179 Å². The van der Waals surface area contributed by atoms with Crippen LogP contribution in [-0.4, -0.2) is 60.2 Å². The molecule has 68 heavy (non-hydrogen) atoms. The van der Waals surface area contributed by atoms with Crippen molar-refractivity contribution in [1.29, 1.82) is 0 Å². The van der Waals surface area contributed by atoms with Gasteiger partial charge in [0.2, 0.25) is 0 Å². The van der Waals surface area contributed by atoms with E-state index in [9.17, 15) is 26.4 Å². The summed E-state index contributed by atoms with van der Waals surface area (Å²) in [6, 6.07) is 41.2. The van der Waals surface area contributed by atoms with Crippen LogP contribution >= 0.6 is 0 Å². The highest BCUT2D eigenvalue weighted by molar-refractivity contribution is 7.93. The molecule has 0 aromatic heterocycles. The van der Waals surface area contributed by atoms with E-state index in [0.717, 1.165) is 64.6 Å². The molecular formula is C54H57N3O9S2. The molecule has 0 heterocycles. The van der Waals surface area contributed by atoms with E-state index in [2.05, 4.69) is 9.44 Å². The number of carboxylic acids is 2. The minimum absolute atomic E-state index is 0.243. The van der Waals surface area contributed by atoms with E-state index in [-0.39, 0.29) is 20.9 Å². The molecule has 7 rings (SSSR count). The molecule has 0 aliphatic rings. The molecule has 0 atom stereocenters. The highest BCUT2D eigenvalue weighted by Gasteiger charge is 2.24. The third kappa shape index (κ3) is 12.2. The molecule has 0 radical (unpaired) electrons. The fourth-order valence-corrected chi connectivity index (χ4v) is 11.2. The number of nitrogens with one attached hydrogen (secondary N) is 2. The molecule has 0 aliphatic carbocycles. The number of hydrogen-bond donors (Lipinski definition) is 4. The van der Waals surface area contributed by atoms with E-state index in [1.54, 1.807) is 75.6 Å². The van der Waals surface area contributed by atoms with Gasteiger partial charge in [-0.05, 0) is 153 Å². The van der Waals surface area contributed by atoms with E-state index in [0.29, 0.717) is 46.5 Å². The predicted octanol–water partition coefficient (Wildman–Crippen LogP) is 10.9. The first-order valence-electron chi connectivity index (χ1n) is 22.1. The number of methoxy groups -OCH3 is 1. The van der Waals surface area contributed by atoms with Gasteiger partial charge in [0.05, 0.1) is 39.4 Å². The molecule has 14 heteroatoms. The van der Waals surface area contributed by atoms with Crippen molar-refractivity contribution in [1.82, 2.24) is 0 Å². The van der Waals surface area contributed by atoms with Crippen molar-refractivity contribution in [2.24, 2.45) is 0 Å². The Morgan fingerprint density at radius 3 is 1.51 bits per heavy atom. The number of hydrogen-bond acceptors (Lipinski definition) is 8. The van der Waals surface area contributed by atoms with Gasteiger partial charge in [0.15, 0.2) is 0 Å². The Hall–Kier alpha value is -7.16. The second kappa shape index (κ2) is 22.1. The number of carboxylic acid groups (broad SMARTS) is 2. The van der Waals surface area contributed by atoms with Gasteiger partial charge in [-0.15, -0.1) is 0 Å². The Morgan fingerprint density at radius 2 is 1.03 bits per heavy atom. The van der Waals surface area contributed by atoms with Crippen LogP contribution in [0.2, 0.25) is 0 Å². The normalized spacial score (nSPS) is 11.3. The molecule has 0 aliphatic heterocycles. The van der Waals surface area contributed by atoms with E-state index in [1.165, 1.54) is 0 Å². The second-order valence-electron chi connectivity index (χ2n) is 16.7. The third-order valence-electron chi connectivity index (χ3n) is 11.8. The van der Waals surface area contributed by atoms with Crippen LogP contribution in [0.25, 0.3) is 10.8 Å². The number of ether oxygens (including phenoxy) is 1. The van der Waals surface area contributed by atoms with Crippen molar-refractivity contribution in [3.8, 4) is 5.75 Å². The number of rotatable bonds is 18. The summed E-state index contributed by atoms with van der Waals surface area (Å²) in [5.41, 5.74) is 8.60. The summed E-state index contributed by atoms with van der Waals surface area (Å²) < 4.78 is 64.5. The Kier molecular flexibility index (Phi) is 16.3. The fourth-order valence-electron chi connectivity index (χ4n) is 8.20. The third-order valence-corrected chi connectivity index (χ3v) is 14.9. The van der Waals surface area contributed by atoms with Gasteiger partial charge in [-0.25, -0.2) is 26.4 Å². The number of benzene rings is 7. The number of aromatic carboxylic acids is 2. The zero-order valence-corrected chi connectivity index (χ0v) is 40.7. The lowest BCUT2D eigenvalue weighted by Gasteiger charge is -2.18. The smallest absolute Gasteiger partial charge is 0.335 e. The maximum Gasteiger partial charge on any atom is 0.335 e. The van der Waals surface area contributed by atoms with Gasteiger partial charge in [-0.1, -0.05) is 84.9 Å². The van der Waals surface area contributed by atoms with E-state index in [1.807, 2.05) is 111 Å². The minimum atomic E-state index is -3.82. The lowest BCUT2D eigenvalue weighted by atomic mass is 10.0. The molecule has 0 saturated heterocycles. The molecule has 12 nitrogen and oxygen atoms in total. The molecule has 4 N–H and O–H groups in total. The zero-order chi connectivity index (χ0) is 49.2. The van der Waals surface area contributed by atoms with Gasteiger partial charge in [0, 0.05) is 30.6 Å². The number of anilines is 3. The van der Waals surface area contributed by atoms with Gasteiger partial charge >= 0.3 is 11.9 Å². The van der Waals surface area contributed by atoms with Crippen LogP contribution in [0.5, 0.6) is 5.75 Å². The molecular weight excluding hydrogens is 899 g/mol. The number of nitrogens with zero attached hydrogens (tertiary/aromatic N) is 1. The summed E-state index contributed by atoms with van der Waals surface area (Å²) in [5.74, 6) is -1.22. The first kappa shape index (κ1) is 50.3. The monoisotopic (exact) mass is 955 g/mol. The van der Waals surface area contributed by atoms with Crippen LogP contribution < -0.4 is 19.1 Å². The quantitative estimate of drug-likeness (QED) is 0.0647. The summed E-state index contributed by atoms with van der Waals surface area (Å²) in [4.78, 5) is 24.5. The van der Waals surface area contributed by atoms with Gasteiger partial charge < -0.3 is 19.8 Å². The van der Waals surface area contributed by atoms with Crippen molar-refractivity contribution in [3.05, 3.63) is 190 Å². The largest absolute Gasteiger partial charge is 0.496 e. The van der Waals surface area contributed by atoms with Crippen molar-refractivity contribution in [2.75, 3.05) is 35.5 Å². The minimum Gasteiger partial charge on any atom is -0.496 e. The van der Waals surface area contributed by atoms with Crippen molar-refractivity contribution in [3.63, 3.8) is 0 Å². The number of sulfonamides is 2. The number of aryl methyl sites for hydroxylation is 5. The van der Waals surface area contributed by atoms with Gasteiger partial charge in [0.1, 0.15) is 5.75 Å². The molecule has 0 bridgehead atoms. The second-order valence-corrected chi connectivity index (χ2v) is 20.0. The number of carbonyl (C=O) groups is 2. The average molecular weight is 956 g/mol. The van der Waals surface area contributed by atoms with Crippen LogP contribution in [-0.2, 0) is 45.7 Å². The van der Waals surface area contributed by atoms with Gasteiger partial charge in [-0.3, -0.25) is 9.44 Å². The van der Waals surface area contributed by atoms with Crippen LogP contribution in [0.3, 0.4) is 0 Å². The molecule has 7 aromatic rings. The van der Waals surface area contributed by atoms with E-state index in [4.69, 9.17) is 14.9 Å². The molecule has 354 valence electrons. The van der Waals surface area contributed by atoms with Gasteiger partial charge in [-0.2, -0.15) is 0 Å². The molecule has 7 aromatic carbocycles. The van der Waals surface area contributed by atoms with Crippen LogP contribution in [0.15, 0.2) is 149 Å². The Labute approximate surface area is 399 Å². The molecule has 0 saturated carbocycles. The van der Waals surface area contributed by atoms with Crippen LogP contribution in [0.4, 0.5) is 17.1 Å². The highest BCUT2D eigenvalue weighted by Crippen LogP contribution is 2.34. The Morgan fingerprint density at radius 1 is 0.559 bits per heavy atom. The van der Waals surface area contributed by atoms with E-state index >= 15 is 0 Å². The van der Waals surface area contributed by atoms with Crippen molar-refractivity contribution >= 4 is 59.8 Å². The summed E-state index contributed by atoms with van der Waals surface area (Å²) in [7, 11) is -2.17. The predicted molar refractivity (Wildman–Crippen MR) is 271 cm³/mol.